The molecule has 0 bridgehead atoms. The molecule has 9 heteroatoms. The maximum Gasteiger partial charge on any atom is 0.269 e. The van der Waals surface area contributed by atoms with Gasteiger partial charge in [-0.05, 0) is 42.5 Å². The van der Waals surface area contributed by atoms with Gasteiger partial charge >= 0.3 is 0 Å². The van der Waals surface area contributed by atoms with E-state index in [9.17, 15) is 14.0 Å². The van der Waals surface area contributed by atoms with E-state index in [4.69, 9.17) is 0 Å². The maximum atomic E-state index is 14.4. The van der Waals surface area contributed by atoms with E-state index in [1.807, 2.05) is 18.2 Å². The van der Waals surface area contributed by atoms with E-state index in [2.05, 4.69) is 15.3 Å². The predicted molar refractivity (Wildman–Crippen MR) is 126 cm³/mol. The van der Waals surface area contributed by atoms with Crippen molar-refractivity contribution < 1.29 is 9.18 Å². The van der Waals surface area contributed by atoms with Crippen LogP contribution in [0.5, 0.6) is 0 Å². The first-order chi connectivity index (χ1) is 15.6. The van der Waals surface area contributed by atoms with Crippen molar-refractivity contribution in [3.8, 4) is 5.69 Å². The number of nitrogens with zero attached hydrogens (tertiary/aromatic N) is 3. The Morgan fingerprint density at radius 3 is 2.75 bits per heavy atom. The highest BCUT2D eigenvalue weighted by Crippen LogP contribution is 2.24. The Labute approximate surface area is 189 Å². The van der Waals surface area contributed by atoms with E-state index < -0.39 is 11.4 Å². The van der Waals surface area contributed by atoms with Crippen LogP contribution < -0.4 is 10.9 Å². The summed E-state index contributed by atoms with van der Waals surface area (Å²) in [4.78, 5) is 34.5. The molecule has 2 aromatic heterocycles. The average Bonchev–Trinajstić information content (AvgIpc) is 3.26. The zero-order chi connectivity index (χ0) is 22.1. The molecule has 2 heterocycles. The van der Waals surface area contributed by atoms with Gasteiger partial charge in [0, 0.05) is 5.69 Å². The molecule has 158 valence electrons. The Kier molecular flexibility index (Phi) is 5.42. The summed E-state index contributed by atoms with van der Waals surface area (Å²) >= 11 is 2.61. The molecule has 0 aliphatic rings. The van der Waals surface area contributed by atoms with Gasteiger partial charge in [-0.25, -0.2) is 14.4 Å². The summed E-state index contributed by atoms with van der Waals surface area (Å²) < 4.78 is 16.7. The molecule has 1 N–H and O–H groups in total. The first kappa shape index (κ1) is 20.3. The highest BCUT2D eigenvalue weighted by Gasteiger charge is 2.17. The average molecular weight is 463 g/mol. The molecular formula is C23H15FN4O2S2. The summed E-state index contributed by atoms with van der Waals surface area (Å²) in [5.74, 6) is -0.842. The molecule has 0 aliphatic heterocycles. The summed E-state index contributed by atoms with van der Waals surface area (Å²) in [6, 6.07) is 18.7. The molecule has 0 radical (unpaired) electrons. The van der Waals surface area contributed by atoms with Crippen LogP contribution in [0.4, 0.5) is 10.1 Å². The lowest BCUT2D eigenvalue weighted by atomic mass is 10.2. The number of thiazole rings is 1. The quantitative estimate of drug-likeness (QED) is 0.298. The number of carbonyl (C=O) groups is 1. The van der Waals surface area contributed by atoms with Crippen LogP contribution in [0.2, 0.25) is 0 Å². The van der Waals surface area contributed by atoms with Crippen LogP contribution in [-0.4, -0.2) is 26.2 Å². The van der Waals surface area contributed by atoms with Crippen LogP contribution in [0.15, 0.2) is 82.2 Å². The lowest BCUT2D eigenvalue weighted by Gasteiger charge is -2.13. The molecule has 0 fully saturated rings. The van der Waals surface area contributed by atoms with Crippen molar-refractivity contribution in [3.63, 3.8) is 0 Å². The fourth-order valence-corrected chi connectivity index (χ4v) is 4.86. The Hall–Kier alpha value is -3.56. The molecule has 0 saturated carbocycles. The van der Waals surface area contributed by atoms with Crippen LogP contribution >= 0.6 is 23.1 Å². The second-order valence-corrected chi connectivity index (χ2v) is 8.71. The van der Waals surface area contributed by atoms with Gasteiger partial charge in [0.25, 0.3) is 5.56 Å². The minimum absolute atomic E-state index is 0.0286. The Balaban J connectivity index is 1.46. The van der Waals surface area contributed by atoms with Gasteiger partial charge in [-0.1, -0.05) is 36.0 Å². The van der Waals surface area contributed by atoms with E-state index in [-0.39, 0.29) is 22.6 Å². The van der Waals surface area contributed by atoms with Crippen LogP contribution in [0.25, 0.3) is 26.8 Å². The van der Waals surface area contributed by atoms with Gasteiger partial charge < -0.3 is 5.32 Å². The maximum absolute atomic E-state index is 14.4. The summed E-state index contributed by atoms with van der Waals surface area (Å²) in [6.45, 7) is 0. The normalized spacial score (nSPS) is 11.2. The smallest absolute Gasteiger partial charge is 0.269 e. The number of thioether (sulfide) groups is 1. The van der Waals surface area contributed by atoms with Gasteiger partial charge in [0.1, 0.15) is 11.2 Å². The third-order valence-electron chi connectivity index (χ3n) is 4.78. The standard InChI is InChI=1S/C23H15FN4O2S2/c24-16-7-4-8-18-21(16)22(30)28(15-5-2-1-3-6-15)23(27-18)31-12-20(29)26-14-9-10-17-19(11-14)32-13-25-17/h1-11,13H,12H2,(H,26,29). The molecule has 0 spiro atoms. The largest absolute Gasteiger partial charge is 0.325 e. The summed E-state index contributed by atoms with van der Waals surface area (Å²) in [7, 11) is 0. The van der Waals surface area contributed by atoms with Gasteiger partial charge in [-0.3, -0.25) is 14.2 Å². The third kappa shape index (κ3) is 3.88. The first-order valence-corrected chi connectivity index (χ1v) is 11.5. The highest BCUT2D eigenvalue weighted by molar-refractivity contribution is 7.99. The van der Waals surface area contributed by atoms with Crippen molar-refractivity contribution in [3.05, 3.63) is 88.4 Å². The third-order valence-corrected chi connectivity index (χ3v) is 6.51. The number of hydrogen-bond donors (Lipinski definition) is 1. The van der Waals surface area contributed by atoms with Crippen LogP contribution in [-0.2, 0) is 4.79 Å². The molecule has 0 atom stereocenters. The topological polar surface area (TPSA) is 76.9 Å². The van der Waals surface area contributed by atoms with Gasteiger partial charge in [0.2, 0.25) is 5.91 Å². The number of benzene rings is 3. The molecule has 3 aromatic carbocycles. The van der Waals surface area contributed by atoms with E-state index in [0.29, 0.717) is 16.5 Å². The number of halogens is 1. The monoisotopic (exact) mass is 462 g/mol. The lowest BCUT2D eigenvalue weighted by Crippen LogP contribution is -2.23. The van der Waals surface area contributed by atoms with E-state index >= 15 is 0 Å². The number of carbonyl (C=O) groups excluding carboxylic acids is 1. The molecule has 1 amide bonds. The number of anilines is 1. The molecule has 32 heavy (non-hydrogen) atoms. The number of para-hydroxylation sites is 1. The van der Waals surface area contributed by atoms with Gasteiger partial charge in [0.15, 0.2) is 5.16 Å². The minimum Gasteiger partial charge on any atom is -0.325 e. The van der Waals surface area contributed by atoms with Gasteiger partial charge in [0.05, 0.1) is 32.7 Å². The Bertz CT molecular complexity index is 1520. The second-order valence-electron chi connectivity index (χ2n) is 6.88. The molecule has 0 aliphatic carbocycles. The van der Waals surface area contributed by atoms with Crippen molar-refractivity contribution in [2.24, 2.45) is 0 Å². The van der Waals surface area contributed by atoms with Crippen molar-refractivity contribution >= 4 is 55.8 Å². The number of nitrogens with one attached hydrogen (secondary N) is 1. The number of hydrogen-bond acceptors (Lipinski definition) is 6. The molecule has 5 rings (SSSR count). The van der Waals surface area contributed by atoms with E-state index in [1.165, 1.54) is 28.0 Å². The van der Waals surface area contributed by atoms with Gasteiger partial charge in [-0.2, -0.15) is 0 Å². The molecule has 0 unspecified atom stereocenters. The molecule has 0 saturated heterocycles. The minimum atomic E-state index is -0.627. The zero-order valence-corrected chi connectivity index (χ0v) is 18.1. The van der Waals surface area contributed by atoms with Crippen LogP contribution in [0.3, 0.4) is 0 Å². The highest BCUT2D eigenvalue weighted by atomic mass is 32.2. The number of fused-ring (bicyclic) bond motifs is 2. The van der Waals surface area contributed by atoms with Crippen molar-refractivity contribution in [2.75, 3.05) is 11.1 Å². The number of amides is 1. The summed E-state index contributed by atoms with van der Waals surface area (Å²) in [6.07, 6.45) is 0. The summed E-state index contributed by atoms with van der Waals surface area (Å²) in [5, 5.41) is 3.09. The SMILES string of the molecule is O=C(CSc1nc2cccc(F)c2c(=O)n1-c1ccccc1)Nc1ccc2ncsc2c1. The van der Waals surface area contributed by atoms with E-state index in [0.717, 1.165) is 22.0 Å². The van der Waals surface area contributed by atoms with Crippen LogP contribution in [0.1, 0.15) is 0 Å². The molecule has 6 nitrogen and oxygen atoms in total. The second kappa shape index (κ2) is 8.52. The number of aromatic nitrogens is 3. The Morgan fingerprint density at radius 2 is 1.91 bits per heavy atom. The van der Waals surface area contributed by atoms with Crippen molar-refractivity contribution in [2.45, 2.75) is 5.16 Å². The lowest BCUT2D eigenvalue weighted by molar-refractivity contribution is -0.113. The van der Waals surface area contributed by atoms with Crippen molar-refractivity contribution in [1.82, 2.24) is 14.5 Å². The van der Waals surface area contributed by atoms with Crippen molar-refractivity contribution in [1.29, 1.82) is 0 Å². The summed E-state index contributed by atoms with van der Waals surface area (Å²) in [5.41, 5.74) is 3.58. The molecule has 5 aromatic rings. The van der Waals surface area contributed by atoms with Crippen LogP contribution in [0, 0.1) is 5.82 Å². The van der Waals surface area contributed by atoms with E-state index in [1.54, 1.807) is 41.9 Å². The number of rotatable bonds is 5. The molecular weight excluding hydrogens is 447 g/mol. The fourth-order valence-electron chi connectivity index (χ4n) is 3.33. The predicted octanol–water partition coefficient (Wildman–Crippen LogP) is 4.87. The Morgan fingerprint density at radius 1 is 1.06 bits per heavy atom. The van der Waals surface area contributed by atoms with Gasteiger partial charge in [-0.15, -0.1) is 11.3 Å². The zero-order valence-electron chi connectivity index (χ0n) is 16.5. The first-order valence-electron chi connectivity index (χ1n) is 9.63. The fraction of sp³-hybridized carbons (Fsp3) is 0.0435.